The van der Waals surface area contributed by atoms with E-state index in [-0.39, 0.29) is 24.5 Å². The molecule has 0 aromatic heterocycles. The Morgan fingerprint density at radius 3 is 2.50 bits per heavy atom. The first-order valence-corrected chi connectivity index (χ1v) is 5.32. The van der Waals surface area contributed by atoms with E-state index in [1.165, 1.54) is 0 Å². The minimum absolute atomic E-state index is 0.0848. The molecule has 92 valence electrons. The van der Waals surface area contributed by atoms with Crippen molar-refractivity contribution in [1.82, 2.24) is 10.3 Å². The molecule has 1 rings (SSSR count). The highest BCUT2D eigenvalue weighted by molar-refractivity contribution is 5.77. The number of hydrogen-bond donors (Lipinski definition) is 2. The summed E-state index contributed by atoms with van der Waals surface area (Å²) < 4.78 is 5.21. The number of ether oxygens (including phenoxy) is 1. The molecular weight excluding hydrogens is 210 g/mol. The molecule has 6 heteroatoms. The van der Waals surface area contributed by atoms with Crippen molar-refractivity contribution >= 4 is 12.0 Å². The fraction of sp³-hybridized carbons (Fsp3) is 0.800. The molecule has 16 heavy (non-hydrogen) atoms. The van der Waals surface area contributed by atoms with Crippen LogP contribution >= 0.6 is 0 Å². The number of carbonyl (C=O) groups excluding carboxylic acids is 2. The second-order valence-corrected chi connectivity index (χ2v) is 4.89. The first-order valence-electron chi connectivity index (χ1n) is 5.32. The van der Waals surface area contributed by atoms with Gasteiger partial charge in [-0.3, -0.25) is 10.2 Å². The van der Waals surface area contributed by atoms with E-state index in [4.69, 9.17) is 10.6 Å². The second kappa shape index (κ2) is 4.69. The van der Waals surface area contributed by atoms with Crippen molar-refractivity contribution in [3.8, 4) is 0 Å². The maximum atomic E-state index is 11.7. The molecule has 1 saturated heterocycles. The van der Waals surface area contributed by atoms with Gasteiger partial charge in [-0.25, -0.2) is 10.6 Å². The third-order valence-electron chi connectivity index (χ3n) is 2.35. The van der Waals surface area contributed by atoms with Crippen LogP contribution in [0.3, 0.4) is 0 Å². The minimum Gasteiger partial charge on any atom is -0.444 e. The number of hydrazine groups is 1. The van der Waals surface area contributed by atoms with E-state index in [0.29, 0.717) is 6.54 Å². The number of carbonyl (C=O) groups is 2. The molecule has 1 aliphatic heterocycles. The molecule has 1 heterocycles. The average Bonchev–Trinajstić information content (AvgIpc) is 2.08. The molecule has 0 spiro atoms. The maximum Gasteiger partial charge on any atom is 0.410 e. The van der Waals surface area contributed by atoms with Crippen LogP contribution in [0.2, 0.25) is 0 Å². The lowest BCUT2D eigenvalue weighted by atomic mass is 10.0. The lowest BCUT2D eigenvalue weighted by molar-refractivity contribution is -0.123. The van der Waals surface area contributed by atoms with E-state index in [2.05, 4.69) is 5.43 Å². The van der Waals surface area contributed by atoms with Crippen molar-refractivity contribution in [2.75, 3.05) is 6.54 Å². The van der Waals surface area contributed by atoms with E-state index >= 15 is 0 Å². The Morgan fingerprint density at radius 1 is 1.50 bits per heavy atom. The second-order valence-electron chi connectivity index (χ2n) is 4.89. The summed E-state index contributed by atoms with van der Waals surface area (Å²) in [6, 6.07) is -0.0848. The zero-order valence-corrected chi connectivity index (χ0v) is 9.95. The summed E-state index contributed by atoms with van der Waals surface area (Å²) in [6.45, 7) is 6.07. The zero-order valence-electron chi connectivity index (χ0n) is 9.95. The van der Waals surface area contributed by atoms with Gasteiger partial charge in [0.1, 0.15) is 5.60 Å². The largest absolute Gasteiger partial charge is 0.444 e. The molecule has 0 aromatic carbocycles. The van der Waals surface area contributed by atoms with Crippen LogP contribution < -0.4 is 11.3 Å². The average molecular weight is 229 g/mol. The van der Waals surface area contributed by atoms with Crippen molar-refractivity contribution < 1.29 is 14.3 Å². The van der Waals surface area contributed by atoms with Gasteiger partial charge in [-0.1, -0.05) is 0 Å². The van der Waals surface area contributed by atoms with Gasteiger partial charge in [0.2, 0.25) is 5.91 Å². The molecule has 0 radical (unpaired) electrons. The van der Waals surface area contributed by atoms with Crippen LogP contribution in [0.5, 0.6) is 0 Å². The summed E-state index contributed by atoms with van der Waals surface area (Å²) in [5.74, 6) is 4.72. The Hall–Kier alpha value is -1.30. The predicted octanol–water partition coefficient (Wildman–Crippen LogP) is 0.376. The lowest BCUT2D eigenvalue weighted by Crippen LogP contribution is -2.54. The molecule has 0 bridgehead atoms. The molecule has 0 saturated carbocycles. The molecule has 6 nitrogen and oxygen atoms in total. The van der Waals surface area contributed by atoms with Crippen LogP contribution in [0.15, 0.2) is 0 Å². The molecular formula is C10H19N3O3. The van der Waals surface area contributed by atoms with Gasteiger partial charge in [-0.05, 0) is 27.2 Å². The number of nitrogens with one attached hydrogen (secondary N) is 1. The Morgan fingerprint density at radius 2 is 2.12 bits per heavy atom. The van der Waals surface area contributed by atoms with Gasteiger partial charge in [0.25, 0.3) is 0 Å². The Labute approximate surface area is 95.1 Å². The number of likely N-dealkylation sites (tertiary alicyclic amines) is 1. The van der Waals surface area contributed by atoms with Gasteiger partial charge in [0.05, 0.1) is 0 Å². The van der Waals surface area contributed by atoms with Gasteiger partial charge in [-0.15, -0.1) is 0 Å². The molecule has 1 atom stereocenters. The Bertz CT molecular complexity index is 286. The maximum absolute atomic E-state index is 11.7. The van der Waals surface area contributed by atoms with E-state index in [9.17, 15) is 9.59 Å². The smallest absolute Gasteiger partial charge is 0.410 e. The van der Waals surface area contributed by atoms with Gasteiger partial charge < -0.3 is 9.64 Å². The third kappa shape index (κ3) is 3.37. The normalized spacial score (nSPS) is 20.0. The Balaban J connectivity index is 2.43. The van der Waals surface area contributed by atoms with E-state index < -0.39 is 5.60 Å². The van der Waals surface area contributed by atoms with Crippen molar-refractivity contribution in [3.05, 3.63) is 0 Å². The molecule has 0 aromatic rings. The van der Waals surface area contributed by atoms with Gasteiger partial charge >= 0.3 is 6.09 Å². The fourth-order valence-electron chi connectivity index (χ4n) is 1.49. The number of nitrogens with zero attached hydrogens (tertiary/aromatic N) is 1. The molecule has 3 N–H and O–H groups in total. The SMILES string of the molecule is CC(C)(C)OC(=O)N1CCC1CC(=O)NN. The summed E-state index contributed by atoms with van der Waals surface area (Å²) in [6.07, 6.45) is 0.677. The van der Waals surface area contributed by atoms with Crippen LogP contribution in [-0.4, -0.2) is 35.1 Å². The molecule has 2 amide bonds. The van der Waals surface area contributed by atoms with Crippen molar-refractivity contribution in [3.63, 3.8) is 0 Å². The minimum atomic E-state index is -0.507. The third-order valence-corrected chi connectivity index (χ3v) is 2.35. The monoisotopic (exact) mass is 229 g/mol. The number of rotatable bonds is 2. The van der Waals surface area contributed by atoms with E-state index in [0.717, 1.165) is 6.42 Å². The van der Waals surface area contributed by atoms with Gasteiger partial charge in [0.15, 0.2) is 0 Å². The topological polar surface area (TPSA) is 84.7 Å². The Kier molecular flexibility index (Phi) is 3.74. The van der Waals surface area contributed by atoms with Crippen molar-refractivity contribution in [2.24, 2.45) is 5.84 Å². The summed E-state index contributed by atoms with van der Waals surface area (Å²) >= 11 is 0. The fourth-order valence-corrected chi connectivity index (χ4v) is 1.49. The van der Waals surface area contributed by atoms with Crippen molar-refractivity contribution in [1.29, 1.82) is 0 Å². The summed E-state index contributed by atoms with van der Waals surface area (Å²) in [4.78, 5) is 24.3. The number of nitrogens with two attached hydrogens (primary N) is 1. The molecule has 1 unspecified atom stereocenters. The van der Waals surface area contributed by atoms with Crippen LogP contribution in [0.4, 0.5) is 4.79 Å². The van der Waals surface area contributed by atoms with Crippen LogP contribution in [0, 0.1) is 0 Å². The highest BCUT2D eigenvalue weighted by Gasteiger charge is 2.36. The molecule has 1 fully saturated rings. The van der Waals surface area contributed by atoms with E-state index in [1.54, 1.807) is 4.90 Å². The molecule has 0 aliphatic carbocycles. The predicted molar refractivity (Wildman–Crippen MR) is 58.3 cm³/mol. The lowest BCUT2D eigenvalue weighted by Gasteiger charge is -2.40. The zero-order chi connectivity index (χ0) is 12.3. The summed E-state index contributed by atoms with van der Waals surface area (Å²) in [7, 11) is 0. The van der Waals surface area contributed by atoms with E-state index in [1.807, 2.05) is 20.8 Å². The summed E-state index contributed by atoms with van der Waals surface area (Å²) in [5, 5.41) is 0. The van der Waals surface area contributed by atoms with Gasteiger partial charge in [0, 0.05) is 19.0 Å². The molecule has 1 aliphatic rings. The first-order chi connectivity index (χ1) is 7.33. The number of amides is 2. The van der Waals surface area contributed by atoms with Crippen LogP contribution in [-0.2, 0) is 9.53 Å². The first kappa shape index (κ1) is 12.8. The summed E-state index contributed by atoms with van der Waals surface area (Å²) in [5.41, 5.74) is 1.55. The van der Waals surface area contributed by atoms with Crippen LogP contribution in [0.1, 0.15) is 33.6 Å². The van der Waals surface area contributed by atoms with Crippen LogP contribution in [0.25, 0.3) is 0 Å². The number of hydrogen-bond acceptors (Lipinski definition) is 4. The highest BCUT2D eigenvalue weighted by Crippen LogP contribution is 2.23. The van der Waals surface area contributed by atoms with Gasteiger partial charge in [-0.2, -0.15) is 0 Å². The van der Waals surface area contributed by atoms with Crippen molar-refractivity contribution in [2.45, 2.75) is 45.3 Å². The quantitative estimate of drug-likeness (QED) is 0.407. The highest BCUT2D eigenvalue weighted by atomic mass is 16.6. The standard InChI is InChI=1S/C10H19N3O3/c1-10(2,3)16-9(15)13-5-4-7(13)6-8(14)12-11/h7H,4-6,11H2,1-3H3,(H,12,14).